The molecule has 2 heterocycles. The summed E-state index contributed by atoms with van der Waals surface area (Å²) < 4.78 is 0. The molecule has 2 bridgehead atoms. The van der Waals surface area contributed by atoms with Crippen molar-refractivity contribution in [2.75, 3.05) is 29.9 Å². The number of benzene rings is 1. The number of aromatic nitrogens is 1. The van der Waals surface area contributed by atoms with Crippen LogP contribution in [0.2, 0.25) is 0 Å². The van der Waals surface area contributed by atoms with Crippen LogP contribution in [0.4, 0.5) is 11.5 Å². The number of carbonyl (C=O) groups excluding carboxylic acids is 1. The zero-order chi connectivity index (χ0) is 19.1. The van der Waals surface area contributed by atoms with Crippen LogP contribution in [0.3, 0.4) is 0 Å². The lowest BCUT2D eigenvalue weighted by atomic mass is 9.66. The molecule has 6 rings (SSSR count). The minimum Gasteiger partial charge on any atom is -0.340 e. The van der Waals surface area contributed by atoms with Crippen LogP contribution in [0.1, 0.15) is 64.6 Å². The number of carbonyl (C=O) groups is 1. The maximum atomic E-state index is 13.3. The third-order valence-corrected chi connectivity index (χ3v) is 7.45. The molecule has 0 radical (unpaired) electrons. The third kappa shape index (κ3) is 3.20. The van der Waals surface area contributed by atoms with Gasteiger partial charge in [-0.2, -0.15) is 11.8 Å². The SMILES string of the molecule is Cc1cccc(Nc2ncc(C(=O)N3CCSCC3)c3c2C2CCC3CC2)c1. The number of thioether (sulfide) groups is 1. The van der Waals surface area contributed by atoms with Crippen molar-refractivity contribution in [2.24, 2.45) is 0 Å². The average Bonchev–Trinajstić information content (AvgIpc) is 2.75. The van der Waals surface area contributed by atoms with Crippen molar-refractivity contribution in [3.8, 4) is 0 Å². The molecule has 5 heteroatoms. The number of nitrogens with one attached hydrogen (secondary N) is 1. The van der Waals surface area contributed by atoms with Gasteiger partial charge in [0.05, 0.1) is 5.56 Å². The monoisotopic (exact) mass is 393 g/mol. The van der Waals surface area contributed by atoms with Crippen molar-refractivity contribution in [1.82, 2.24) is 9.88 Å². The summed E-state index contributed by atoms with van der Waals surface area (Å²) >= 11 is 1.94. The van der Waals surface area contributed by atoms with E-state index in [1.807, 2.05) is 22.9 Å². The van der Waals surface area contributed by atoms with E-state index in [-0.39, 0.29) is 5.91 Å². The van der Waals surface area contributed by atoms with Crippen LogP contribution in [-0.4, -0.2) is 40.4 Å². The van der Waals surface area contributed by atoms with Gasteiger partial charge in [-0.05, 0) is 67.7 Å². The van der Waals surface area contributed by atoms with Crippen LogP contribution >= 0.6 is 11.8 Å². The Morgan fingerprint density at radius 2 is 1.82 bits per heavy atom. The van der Waals surface area contributed by atoms with Crippen LogP contribution in [0.15, 0.2) is 30.5 Å². The van der Waals surface area contributed by atoms with Crippen molar-refractivity contribution >= 4 is 29.2 Å². The van der Waals surface area contributed by atoms with Crippen molar-refractivity contribution in [2.45, 2.75) is 44.4 Å². The number of fused-ring (bicyclic) bond motifs is 2. The van der Waals surface area contributed by atoms with E-state index in [0.29, 0.717) is 11.8 Å². The number of anilines is 2. The lowest BCUT2D eigenvalue weighted by Crippen LogP contribution is -2.39. The van der Waals surface area contributed by atoms with E-state index >= 15 is 0 Å². The molecular formula is C23H27N3OS. The first-order valence-corrected chi connectivity index (χ1v) is 11.6. The minimum atomic E-state index is 0.193. The van der Waals surface area contributed by atoms with Crippen molar-refractivity contribution in [3.05, 3.63) is 52.7 Å². The lowest BCUT2D eigenvalue weighted by Gasteiger charge is -2.40. The Labute approximate surface area is 171 Å². The summed E-state index contributed by atoms with van der Waals surface area (Å²) in [4.78, 5) is 20.1. The van der Waals surface area contributed by atoms with Gasteiger partial charge in [-0.25, -0.2) is 4.98 Å². The highest BCUT2D eigenvalue weighted by Crippen LogP contribution is 2.52. The molecule has 146 valence electrons. The molecule has 4 nitrogen and oxygen atoms in total. The summed E-state index contributed by atoms with van der Waals surface area (Å²) in [5.74, 6) is 4.28. The molecule has 4 aliphatic rings. The van der Waals surface area contributed by atoms with Gasteiger partial charge in [0, 0.05) is 42.0 Å². The molecule has 0 unspecified atom stereocenters. The first-order chi connectivity index (χ1) is 13.7. The van der Waals surface area contributed by atoms with Crippen LogP contribution in [0.5, 0.6) is 0 Å². The van der Waals surface area contributed by atoms with E-state index in [2.05, 4.69) is 36.5 Å². The molecule has 3 aliphatic carbocycles. The molecule has 2 aromatic rings. The first kappa shape index (κ1) is 18.0. The Bertz CT molecular complexity index is 899. The van der Waals surface area contributed by atoms with Gasteiger partial charge in [0.25, 0.3) is 5.91 Å². The molecule has 1 N–H and O–H groups in total. The van der Waals surface area contributed by atoms with Gasteiger partial charge in [-0.15, -0.1) is 0 Å². The molecular weight excluding hydrogens is 366 g/mol. The summed E-state index contributed by atoms with van der Waals surface area (Å²) in [5.41, 5.74) is 5.79. The Balaban J connectivity index is 1.55. The van der Waals surface area contributed by atoms with Crippen molar-refractivity contribution in [1.29, 1.82) is 0 Å². The third-order valence-electron chi connectivity index (χ3n) is 6.51. The number of amides is 1. The van der Waals surface area contributed by atoms with Gasteiger partial charge in [0.2, 0.25) is 0 Å². The van der Waals surface area contributed by atoms with Crippen molar-refractivity contribution in [3.63, 3.8) is 0 Å². The van der Waals surface area contributed by atoms with Gasteiger partial charge in [-0.3, -0.25) is 4.79 Å². The minimum absolute atomic E-state index is 0.193. The summed E-state index contributed by atoms with van der Waals surface area (Å²) in [6.07, 6.45) is 6.71. The molecule has 28 heavy (non-hydrogen) atoms. The number of aryl methyl sites for hydroxylation is 1. The van der Waals surface area contributed by atoms with E-state index in [1.165, 1.54) is 42.4 Å². The average molecular weight is 394 g/mol. The predicted molar refractivity (Wildman–Crippen MR) is 116 cm³/mol. The van der Waals surface area contributed by atoms with Gasteiger partial charge < -0.3 is 10.2 Å². The highest BCUT2D eigenvalue weighted by molar-refractivity contribution is 7.99. The molecule has 0 atom stereocenters. The fraction of sp³-hybridized carbons (Fsp3) is 0.478. The molecule has 1 saturated carbocycles. The Hall–Kier alpha value is -2.01. The first-order valence-electron chi connectivity index (χ1n) is 10.4. The topological polar surface area (TPSA) is 45.2 Å². The molecule has 1 aromatic heterocycles. The fourth-order valence-electron chi connectivity index (χ4n) is 5.13. The largest absolute Gasteiger partial charge is 0.340 e. The van der Waals surface area contributed by atoms with Crippen LogP contribution < -0.4 is 5.32 Å². The number of hydrogen-bond donors (Lipinski definition) is 1. The predicted octanol–water partition coefficient (Wildman–Crippen LogP) is 5.08. The number of hydrogen-bond acceptors (Lipinski definition) is 4. The molecule has 1 amide bonds. The maximum Gasteiger partial charge on any atom is 0.255 e. The van der Waals surface area contributed by atoms with E-state index in [4.69, 9.17) is 4.98 Å². The second kappa shape index (κ2) is 7.43. The van der Waals surface area contributed by atoms with Gasteiger partial charge >= 0.3 is 0 Å². The number of rotatable bonds is 3. The quantitative estimate of drug-likeness (QED) is 0.790. The Kier molecular flexibility index (Phi) is 4.79. The summed E-state index contributed by atoms with van der Waals surface area (Å²) in [6.45, 7) is 3.82. The number of nitrogens with zero attached hydrogens (tertiary/aromatic N) is 2. The summed E-state index contributed by atoms with van der Waals surface area (Å²) in [5, 5.41) is 3.56. The zero-order valence-corrected chi connectivity index (χ0v) is 17.2. The standard InChI is InChI=1S/C23H27N3OS/c1-15-3-2-4-18(13-15)25-22-21-17-7-5-16(6-8-17)20(21)19(14-24-22)23(27)26-9-11-28-12-10-26/h2-4,13-14,16-17H,5-12H2,1H3,(H,24,25). The van der Waals surface area contributed by atoms with Crippen LogP contribution in [-0.2, 0) is 0 Å². The Morgan fingerprint density at radius 3 is 2.54 bits per heavy atom. The fourth-order valence-corrected chi connectivity index (χ4v) is 6.03. The lowest BCUT2D eigenvalue weighted by molar-refractivity contribution is 0.0769. The van der Waals surface area contributed by atoms with Crippen LogP contribution in [0, 0.1) is 6.92 Å². The van der Waals surface area contributed by atoms with E-state index in [1.54, 1.807) is 0 Å². The molecule has 0 spiro atoms. The van der Waals surface area contributed by atoms with Crippen LogP contribution in [0.25, 0.3) is 0 Å². The maximum absolute atomic E-state index is 13.3. The molecule has 1 saturated heterocycles. The Morgan fingerprint density at radius 1 is 1.11 bits per heavy atom. The summed E-state index contributed by atoms with van der Waals surface area (Å²) in [6, 6.07) is 8.42. The molecule has 1 aliphatic heterocycles. The van der Waals surface area contributed by atoms with E-state index in [0.717, 1.165) is 41.7 Å². The van der Waals surface area contributed by atoms with Gasteiger partial charge in [-0.1, -0.05) is 12.1 Å². The van der Waals surface area contributed by atoms with E-state index in [9.17, 15) is 4.79 Å². The molecule has 2 fully saturated rings. The highest BCUT2D eigenvalue weighted by atomic mass is 32.2. The second-order valence-corrected chi connectivity index (χ2v) is 9.52. The van der Waals surface area contributed by atoms with Gasteiger partial charge in [0.15, 0.2) is 0 Å². The number of pyridine rings is 1. The second-order valence-electron chi connectivity index (χ2n) is 8.30. The van der Waals surface area contributed by atoms with E-state index < -0.39 is 0 Å². The van der Waals surface area contributed by atoms with Crippen molar-refractivity contribution < 1.29 is 4.79 Å². The summed E-state index contributed by atoms with van der Waals surface area (Å²) in [7, 11) is 0. The molecule has 1 aromatic carbocycles. The van der Waals surface area contributed by atoms with Gasteiger partial charge in [0.1, 0.15) is 5.82 Å². The zero-order valence-electron chi connectivity index (χ0n) is 16.4. The normalized spacial score (nSPS) is 23.4. The highest BCUT2D eigenvalue weighted by Gasteiger charge is 2.39. The smallest absolute Gasteiger partial charge is 0.255 e.